The average molecular weight is 598 g/mol. The van der Waals surface area contributed by atoms with E-state index < -0.39 is 5.54 Å². The van der Waals surface area contributed by atoms with Crippen molar-refractivity contribution in [2.45, 2.75) is 38.1 Å². The van der Waals surface area contributed by atoms with Crippen molar-refractivity contribution in [3.05, 3.63) is 144 Å². The lowest BCUT2D eigenvalue weighted by atomic mass is 9.84. The summed E-state index contributed by atoms with van der Waals surface area (Å²) in [7, 11) is 2.16. The van der Waals surface area contributed by atoms with Crippen LogP contribution in [0.15, 0.2) is 121 Å². The minimum Gasteiger partial charge on any atom is -0.329 e. The zero-order chi connectivity index (χ0) is 31.2. The number of hydrogen-bond donors (Lipinski definition) is 0. The molecule has 0 fully saturated rings. The number of pyridine rings is 1. The van der Waals surface area contributed by atoms with Gasteiger partial charge in [0.2, 0.25) is 0 Å². The highest BCUT2D eigenvalue weighted by molar-refractivity contribution is 6.08. The third-order valence-corrected chi connectivity index (χ3v) is 9.97. The van der Waals surface area contributed by atoms with Crippen LogP contribution in [0.25, 0.3) is 55.6 Å². The van der Waals surface area contributed by atoms with Gasteiger partial charge in [-0.05, 0) is 53.4 Å². The second-order valence-corrected chi connectivity index (χ2v) is 13.7. The van der Waals surface area contributed by atoms with Gasteiger partial charge in [-0.3, -0.25) is 4.57 Å². The molecule has 1 atom stereocenters. The molecule has 1 aliphatic carbocycles. The predicted molar refractivity (Wildman–Crippen MR) is 190 cm³/mol. The number of fused-ring (bicyclic) bond motifs is 7. The van der Waals surface area contributed by atoms with Gasteiger partial charge in [0.05, 0.1) is 27.6 Å². The van der Waals surface area contributed by atoms with Crippen LogP contribution < -0.4 is 0 Å². The van der Waals surface area contributed by atoms with Gasteiger partial charge in [-0.15, -0.1) is 0 Å². The van der Waals surface area contributed by atoms with Crippen molar-refractivity contribution < 1.29 is 0 Å². The van der Waals surface area contributed by atoms with E-state index in [4.69, 9.17) is 9.97 Å². The van der Waals surface area contributed by atoms with E-state index in [2.05, 4.69) is 163 Å². The number of rotatable bonds is 3. The smallest absolute Gasteiger partial charge is 0.140 e. The minimum absolute atomic E-state index is 0.000405. The molecule has 0 bridgehead atoms. The summed E-state index contributed by atoms with van der Waals surface area (Å²) in [5.74, 6) is 1.96. The first kappa shape index (κ1) is 26.9. The van der Waals surface area contributed by atoms with Crippen LogP contribution >= 0.6 is 0 Å². The molecule has 0 N–H and O–H groups in total. The van der Waals surface area contributed by atoms with Crippen LogP contribution in [0.4, 0.5) is 0 Å². The Bertz CT molecular complexity index is 2460. The molecule has 1 aliphatic rings. The summed E-state index contributed by atoms with van der Waals surface area (Å²) in [6.45, 7) is 6.78. The molecule has 4 heterocycles. The molecule has 0 radical (unpaired) electrons. The fourth-order valence-electron chi connectivity index (χ4n) is 7.77. The van der Waals surface area contributed by atoms with Crippen molar-refractivity contribution in [1.82, 2.24) is 23.7 Å². The minimum atomic E-state index is -0.628. The molecular formula is C41H35N5. The number of hydrogen-bond acceptors (Lipinski definition) is 2. The van der Waals surface area contributed by atoms with E-state index in [1.54, 1.807) is 0 Å². The lowest BCUT2D eigenvalue weighted by molar-refractivity contribution is 0.423. The fourth-order valence-corrected chi connectivity index (χ4v) is 7.77. The number of para-hydroxylation sites is 5. The second-order valence-electron chi connectivity index (χ2n) is 13.7. The monoisotopic (exact) mass is 597 g/mol. The fraction of sp³-hybridized carbons (Fsp3) is 0.171. The molecule has 0 saturated heterocycles. The van der Waals surface area contributed by atoms with Crippen molar-refractivity contribution in [3.63, 3.8) is 0 Å². The maximum Gasteiger partial charge on any atom is 0.140 e. The summed E-state index contributed by atoms with van der Waals surface area (Å²) < 4.78 is 7.23. The van der Waals surface area contributed by atoms with Gasteiger partial charge >= 0.3 is 0 Å². The van der Waals surface area contributed by atoms with E-state index in [0.717, 1.165) is 22.7 Å². The van der Waals surface area contributed by atoms with Gasteiger partial charge in [0.15, 0.2) is 0 Å². The second kappa shape index (κ2) is 9.54. The molecule has 4 aromatic carbocycles. The van der Waals surface area contributed by atoms with E-state index >= 15 is 0 Å². The Hall–Kier alpha value is -5.42. The number of allylic oxidation sites excluding steroid dienone is 1. The summed E-state index contributed by atoms with van der Waals surface area (Å²) >= 11 is 0. The Morgan fingerprint density at radius 1 is 0.696 bits per heavy atom. The largest absolute Gasteiger partial charge is 0.329 e. The van der Waals surface area contributed by atoms with Crippen LogP contribution in [0.2, 0.25) is 0 Å². The quantitative estimate of drug-likeness (QED) is 0.204. The zero-order valence-electron chi connectivity index (χ0n) is 26.6. The number of imidazole rings is 1. The molecular weight excluding hydrogens is 562 g/mol. The van der Waals surface area contributed by atoms with Gasteiger partial charge in [0.25, 0.3) is 0 Å². The van der Waals surface area contributed by atoms with Crippen molar-refractivity contribution >= 4 is 49.8 Å². The molecule has 8 aromatic rings. The van der Waals surface area contributed by atoms with E-state index in [0.29, 0.717) is 6.42 Å². The van der Waals surface area contributed by atoms with Crippen LogP contribution in [0.3, 0.4) is 0 Å². The Balaban J connectivity index is 1.41. The summed E-state index contributed by atoms with van der Waals surface area (Å²) in [4.78, 5) is 10.4. The summed E-state index contributed by atoms with van der Waals surface area (Å²) in [6.07, 6.45) is 7.41. The Kier molecular flexibility index (Phi) is 5.59. The molecule has 1 unspecified atom stereocenters. The highest BCUT2D eigenvalue weighted by Gasteiger charge is 2.43. The summed E-state index contributed by atoms with van der Waals surface area (Å²) in [6, 6.07) is 39.2. The van der Waals surface area contributed by atoms with E-state index in [1.807, 2.05) is 6.20 Å². The third-order valence-electron chi connectivity index (χ3n) is 9.97. The van der Waals surface area contributed by atoms with Gasteiger partial charge in [-0.2, -0.15) is 0 Å². The van der Waals surface area contributed by atoms with Gasteiger partial charge in [0.1, 0.15) is 17.2 Å². The standard InChI is InChI=1S/C41H35N5/c1-40(2,3)27-22-24-42-38(25-27)45-33-17-9-5-13-28(33)31-21-23-41(26-37(31)45,39-43-32-16-8-12-20-36(32)44(39)4)46-34-18-10-6-14-29(34)30-15-7-11-19-35(30)46/h5-25H,26H2,1-4H3. The molecule has 0 amide bonds. The first-order chi connectivity index (χ1) is 22.3. The Labute approximate surface area is 268 Å². The van der Waals surface area contributed by atoms with Crippen LogP contribution in [-0.4, -0.2) is 23.7 Å². The van der Waals surface area contributed by atoms with Gasteiger partial charge in [-0.1, -0.05) is 99.7 Å². The molecule has 4 aromatic heterocycles. The molecule has 9 rings (SSSR count). The first-order valence-corrected chi connectivity index (χ1v) is 16.0. The summed E-state index contributed by atoms with van der Waals surface area (Å²) in [5, 5.41) is 3.73. The Morgan fingerprint density at radius 2 is 1.30 bits per heavy atom. The van der Waals surface area contributed by atoms with E-state index in [1.165, 1.54) is 49.5 Å². The third kappa shape index (κ3) is 3.69. The van der Waals surface area contributed by atoms with Gasteiger partial charge < -0.3 is 9.13 Å². The lowest BCUT2D eigenvalue weighted by Gasteiger charge is -2.36. The van der Waals surface area contributed by atoms with E-state index in [-0.39, 0.29) is 5.41 Å². The number of benzene rings is 4. The Morgan fingerprint density at radius 3 is 1.98 bits per heavy atom. The van der Waals surface area contributed by atoms with Crippen LogP contribution in [0.1, 0.15) is 43.4 Å². The topological polar surface area (TPSA) is 40.6 Å². The summed E-state index contributed by atoms with van der Waals surface area (Å²) in [5.41, 5.74) is 8.79. The molecule has 5 nitrogen and oxygen atoms in total. The molecule has 46 heavy (non-hydrogen) atoms. The number of aryl methyl sites for hydroxylation is 1. The molecule has 224 valence electrons. The van der Waals surface area contributed by atoms with Crippen molar-refractivity contribution in [3.8, 4) is 5.82 Å². The van der Waals surface area contributed by atoms with Crippen molar-refractivity contribution in [1.29, 1.82) is 0 Å². The maximum atomic E-state index is 5.42. The molecule has 0 saturated carbocycles. The highest BCUT2D eigenvalue weighted by atomic mass is 15.2. The molecule has 0 aliphatic heterocycles. The highest BCUT2D eigenvalue weighted by Crippen LogP contribution is 2.46. The number of aromatic nitrogens is 5. The van der Waals surface area contributed by atoms with Crippen molar-refractivity contribution in [2.24, 2.45) is 7.05 Å². The lowest BCUT2D eigenvalue weighted by Crippen LogP contribution is -2.40. The predicted octanol–water partition coefficient (Wildman–Crippen LogP) is 9.33. The average Bonchev–Trinajstić information content (AvgIpc) is 3.72. The first-order valence-electron chi connectivity index (χ1n) is 16.0. The van der Waals surface area contributed by atoms with Crippen LogP contribution in [0, 0.1) is 0 Å². The zero-order valence-corrected chi connectivity index (χ0v) is 26.6. The molecule has 0 spiro atoms. The van der Waals surface area contributed by atoms with Gasteiger partial charge in [0, 0.05) is 47.1 Å². The molecule has 5 heteroatoms. The number of nitrogens with zero attached hydrogens (tertiary/aromatic N) is 5. The maximum absolute atomic E-state index is 5.42. The van der Waals surface area contributed by atoms with Crippen LogP contribution in [-0.2, 0) is 24.4 Å². The van der Waals surface area contributed by atoms with Crippen LogP contribution in [0.5, 0.6) is 0 Å². The normalized spacial score (nSPS) is 16.6. The van der Waals surface area contributed by atoms with Crippen molar-refractivity contribution in [2.75, 3.05) is 0 Å². The van der Waals surface area contributed by atoms with E-state index in [9.17, 15) is 0 Å². The van der Waals surface area contributed by atoms with Gasteiger partial charge in [-0.25, -0.2) is 9.97 Å². The SMILES string of the molecule is Cn1c(C2(n3c4ccccc4c4ccccc43)C=Cc3c(n(-c4cc(C(C)(C)C)ccn4)c4ccccc34)C2)nc2ccccc21.